The van der Waals surface area contributed by atoms with Crippen LogP contribution in [0.4, 0.5) is 10.1 Å². The number of halogens is 1. The van der Waals surface area contributed by atoms with Gasteiger partial charge in [0.05, 0.1) is 17.0 Å². The van der Waals surface area contributed by atoms with E-state index in [0.717, 1.165) is 22.4 Å². The molecule has 2 amide bonds. The molecular formula is C23H24FN3O4S. The molecule has 0 aromatic heterocycles. The van der Waals surface area contributed by atoms with Crippen molar-refractivity contribution >= 4 is 27.5 Å². The van der Waals surface area contributed by atoms with E-state index >= 15 is 0 Å². The third-order valence-electron chi connectivity index (χ3n) is 6.52. The first-order valence-electron chi connectivity index (χ1n) is 10.8. The average molecular weight is 458 g/mol. The standard InChI is InChI=1S/C23H24FN3O4S/c24-19-4-1-16(2-5-19)13-22(29)25-9-11-26(12-10-25)32(30,31)20-14-17-3-6-21(28)27-8-7-18(15-20)23(17)27/h1-2,4-5,14-15H,3,6-13H2. The van der Waals surface area contributed by atoms with Gasteiger partial charge in [0.25, 0.3) is 0 Å². The quantitative estimate of drug-likeness (QED) is 0.701. The Morgan fingerprint density at radius 1 is 0.906 bits per heavy atom. The van der Waals surface area contributed by atoms with Crippen LogP contribution < -0.4 is 4.90 Å². The van der Waals surface area contributed by atoms with Crippen LogP contribution in [0.25, 0.3) is 0 Å². The number of sulfonamides is 1. The molecule has 0 bridgehead atoms. The second kappa shape index (κ2) is 7.97. The monoisotopic (exact) mass is 457 g/mol. The number of anilines is 1. The lowest BCUT2D eigenvalue weighted by Crippen LogP contribution is -2.50. The Morgan fingerprint density at radius 3 is 2.25 bits per heavy atom. The zero-order chi connectivity index (χ0) is 22.5. The van der Waals surface area contributed by atoms with Crippen LogP contribution in [-0.2, 0) is 38.9 Å². The van der Waals surface area contributed by atoms with Gasteiger partial charge in [-0.1, -0.05) is 12.1 Å². The van der Waals surface area contributed by atoms with E-state index in [0.29, 0.717) is 38.9 Å². The number of benzene rings is 2. The predicted molar refractivity (Wildman–Crippen MR) is 116 cm³/mol. The lowest BCUT2D eigenvalue weighted by Gasteiger charge is -2.34. The highest BCUT2D eigenvalue weighted by atomic mass is 32.2. The molecule has 0 atom stereocenters. The molecule has 9 heteroatoms. The van der Waals surface area contributed by atoms with Crippen molar-refractivity contribution < 1.29 is 22.4 Å². The van der Waals surface area contributed by atoms with E-state index in [-0.39, 0.29) is 42.0 Å². The van der Waals surface area contributed by atoms with Gasteiger partial charge in [0, 0.05) is 39.1 Å². The van der Waals surface area contributed by atoms with Crippen LogP contribution in [0, 0.1) is 5.82 Å². The molecule has 168 valence electrons. The van der Waals surface area contributed by atoms with Gasteiger partial charge < -0.3 is 9.80 Å². The summed E-state index contributed by atoms with van der Waals surface area (Å²) in [6.07, 6.45) is 1.80. The van der Waals surface area contributed by atoms with Crippen LogP contribution in [-0.4, -0.2) is 62.2 Å². The van der Waals surface area contributed by atoms with Crippen LogP contribution >= 0.6 is 0 Å². The second-order valence-electron chi connectivity index (χ2n) is 8.47. The summed E-state index contributed by atoms with van der Waals surface area (Å²) in [6.45, 7) is 1.71. The van der Waals surface area contributed by atoms with Gasteiger partial charge in [-0.25, -0.2) is 12.8 Å². The van der Waals surface area contributed by atoms with Crippen LogP contribution in [0.3, 0.4) is 0 Å². The molecule has 2 aromatic carbocycles. The first-order valence-corrected chi connectivity index (χ1v) is 12.3. The predicted octanol–water partition coefficient (Wildman–Crippen LogP) is 1.74. The number of aryl methyl sites for hydroxylation is 1. The maximum atomic E-state index is 13.3. The maximum Gasteiger partial charge on any atom is 0.243 e. The van der Waals surface area contributed by atoms with Crippen molar-refractivity contribution in [2.75, 3.05) is 37.6 Å². The lowest BCUT2D eigenvalue weighted by molar-refractivity contribution is -0.131. The van der Waals surface area contributed by atoms with Crippen molar-refractivity contribution in [3.8, 4) is 0 Å². The van der Waals surface area contributed by atoms with E-state index in [1.807, 2.05) is 0 Å². The molecule has 0 N–H and O–H groups in total. The van der Waals surface area contributed by atoms with Crippen molar-refractivity contribution in [1.29, 1.82) is 0 Å². The topological polar surface area (TPSA) is 78.0 Å². The van der Waals surface area contributed by atoms with E-state index in [9.17, 15) is 22.4 Å². The highest BCUT2D eigenvalue weighted by molar-refractivity contribution is 7.89. The molecule has 3 heterocycles. The van der Waals surface area contributed by atoms with Gasteiger partial charge in [0.2, 0.25) is 21.8 Å². The molecule has 7 nitrogen and oxygen atoms in total. The first-order chi connectivity index (χ1) is 15.3. The van der Waals surface area contributed by atoms with E-state index in [4.69, 9.17) is 0 Å². The van der Waals surface area contributed by atoms with Gasteiger partial charge in [0.1, 0.15) is 5.82 Å². The minimum absolute atomic E-state index is 0.0969. The molecule has 0 unspecified atom stereocenters. The van der Waals surface area contributed by atoms with Crippen molar-refractivity contribution in [2.45, 2.75) is 30.6 Å². The summed E-state index contributed by atoms with van der Waals surface area (Å²) in [5, 5.41) is 0. The number of hydrogen-bond acceptors (Lipinski definition) is 4. The third kappa shape index (κ3) is 3.69. The Bertz CT molecular complexity index is 1190. The molecule has 0 aliphatic carbocycles. The van der Waals surface area contributed by atoms with Gasteiger partial charge in [-0.2, -0.15) is 4.31 Å². The number of piperazine rings is 1. The van der Waals surface area contributed by atoms with E-state index in [1.165, 1.54) is 16.4 Å². The van der Waals surface area contributed by atoms with Crippen molar-refractivity contribution in [1.82, 2.24) is 9.21 Å². The van der Waals surface area contributed by atoms with Crippen molar-refractivity contribution in [3.05, 3.63) is 58.9 Å². The maximum absolute atomic E-state index is 13.3. The Morgan fingerprint density at radius 2 is 1.56 bits per heavy atom. The highest BCUT2D eigenvalue weighted by Gasteiger charge is 2.35. The number of carbonyl (C=O) groups is 2. The van der Waals surface area contributed by atoms with Gasteiger partial charge in [0.15, 0.2) is 0 Å². The Hall–Kier alpha value is -2.78. The van der Waals surface area contributed by atoms with E-state index < -0.39 is 10.0 Å². The molecule has 0 saturated carbocycles. The molecule has 0 radical (unpaired) electrons. The van der Waals surface area contributed by atoms with Crippen LogP contribution in [0.1, 0.15) is 23.1 Å². The van der Waals surface area contributed by atoms with E-state index in [2.05, 4.69) is 0 Å². The zero-order valence-electron chi connectivity index (χ0n) is 17.6. The molecule has 3 aliphatic heterocycles. The molecular weight excluding hydrogens is 433 g/mol. The van der Waals surface area contributed by atoms with Gasteiger partial charge in [-0.15, -0.1) is 0 Å². The number of nitrogens with zero attached hydrogens (tertiary/aromatic N) is 3. The SMILES string of the molecule is O=C(Cc1ccc(F)cc1)N1CCN(S(=O)(=O)c2cc3c4c(c2)CCN4C(=O)CC3)CC1. The summed E-state index contributed by atoms with van der Waals surface area (Å²) in [5.41, 5.74) is 3.47. The summed E-state index contributed by atoms with van der Waals surface area (Å²) in [7, 11) is -3.69. The molecule has 1 fully saturated rings. The van der Waals surface area contributed by atoms with Gasteiger partial charge in [-0.05, 0) is 53.8 Å². The summed E-state index contributed by atoms with van der Waals surface area (Å²) < 4.78 is 41.1. The van der Waals surface area contributed by atoms with Crippen molar-refractivity contribution in [2.24, 2.45) is 0 Å². The summed E-state index contributed by atoms with van der Waals surface area (Å²) in [4.78, 5) is 28.4. The van der Waals surface area contributed by atoms with Crippen LogP contribution in [0.2, 0.25) is 0 Å². The van der Waals surface area contributed by atoms with Crippen LogP contribution in [0.15, 0.2) is 41.3 Å². The zero-order valence-corrected chi connectivity index (χ0v) is 18.4. The average Bonchev–Trinajstić information content (AvgIpc) is 3.23. The second-order valence-corrected chi connectivity index (χ2v) is 10.4. The summed E-state index contributed by atoms with van der Waals surface area (Å²) in [5.74, 6) is -0.339. The minimum atomic E-state index is -3.69. The minimum Gasteiger partial charge on any atom is -0.340 e. The van der Waals surface area contributed by atoms with Crippen LogP contribution in [0.5, 0.6) is 0 Å². The number of amides is 2. The fraction of sp³-hybridized carbons (Fsp3) is 0.391. The lowest BCUT2D eigenvalue weighted by atomic mass is 10.00. The number of carbonyl (C=O) groups excluding carboxylic acids is 2. The Kier molecular flexibility index (Phi) is 5.25. The molecule has 5 rings (SSSR count). The van der Waals surface area contributed by atoms with Gasteiger partial charge in [-0.3, -0.25) is 9.59 Å². The fourth-order valence-corrected chi connectivity index (χ4v) is 6.31. The van der Waals surface area contributed by atoms with Gasteiger partial charge >= 0.3 is 0 Å². The molecule has 32 heavy (non-hydrogen) atoms. The van der Waals surface area contributed by atoms with Crippen molar-refractivity contribution in [3.63, 3.8) is 0 Å². The normalized spacial score (nSPS) is 18.7. The molecule has 0 spiro atoms. The number of hydrogen-bond donors (Lipinski definition) is 0. The fourth-order valence-electron chi connectivity index (χ4n) is 4.79. The summed E-state index contributed by atoms with van der Waals surface area (Å²) >= 11 is 0. The largest absolute Gasteiger partial charge is 0.340 e. The Balaban J connectivity index is 1.28. The molecule has 3 aliphatic rings. The molecule has 1 saturated heterocycles. The summed E-state index contributed by atoms with van der Waals surface area (Å²) in [6, 6.07) is 9.24. The molecule has 2 aromatic rings. The third-order valence-corrected chi connectivity index (χ3v) is 8.40. The number of rotatable bonds is 4. The first kappa shape index (κ1) is 21.1. The highest BCUT2D eigenvalue weighted by Crippen LogP contribution is 2.39. The Labute approximate surface area is 186 Å². The van der Waals surface area contributed by atoms with E-state index in [1.54, 1.807) is 34.1 Å². The smallest absolute Gasteiger partial charge is 0.243 e.